The highest BCUT2D eigenvalue weighted by molar-refractivity contribution is 5.89. The van der Waals surface area contributed by atoms with Crippen LogP contribution in [-0.4, -0.2) is 19.2 Å². The summed E-state index contributed by atoms with van der Waals surface area (Å²) in [5, 5.41) is 0. The zero-order valence-corrected chi connectivity index (χ0v) is 11.9. The van der Waals surface area contributed by atoms with Gasteiger partial charge in [0.05, 0.1) is 14.2 Å². The molecule has 0 unspecified atom stereocenters. The smallest absolute Gasteiger partial charge is 0.227 e. The molecule has 0 saturated heterocycles. The monoisotopic (exact) mass is 281 g/mol. The number of hydrogen-bond donors (Lipinski definition) is 0. The van der Waals surface area contributed by atoms with Gasteiger partial charge in [0, 0.05) is 11.1 Å². The Bertz CT molecular complexity index is 788. The maximum Gasteiger partial charge on any atom is 0.227 e. The van der Waals surface area contributed by atoms with Crippen LogP contribution in [0.3, 0.4) is 0 Å². The van der Waals surface area contributed by atoms with Gasteiger partial charge in [-0.2, -0.15) is 0 Å². The average molecular weight is 281 g/mol. The van der Waals surface area contributed by atoms with Crippen molar-refractivity contribution in [2.75, 3.05) is 14.2 Å². The van der Waals surface area contributed by atoms with Gasteiger partial charge in [0.2, 0.25) is 5.89 Å². The molecule has 3 rings (SSSR count). The third-order valence-corrected chi connectivity index (χ3v) is 3.31. The van der Waals surface area contributed by atoms with E-state index >= 15 is 0 Å². The van der Waals surface area contributed by atoms with Crippen LogP contribution in [0.2, 0.25) is 0 Å². The third-order valence-electron chi connectivity index (χ3n) is 3.31. The van der Waals surface area contributed by atoms with Crippen molar-refractivity contribution in [3.05, 3.63) is 48.5 Å². The number of nitrogens with zero attached hydrogens (tertiary/aromatic N) is 1. The molecule has 3 aromatic rings. The molecule has 0 saturated carbocycles. The summed E-state index contributed by atoms with van der Waals surface area (Å²) in [5.41, 5.74) is 3.14. The first kappa shape index (κ1) is 13.2. The van der Waals surface area contributed by atoms with Crippen LogP contribution < -0.4 is 9.47 Å². The van der Waals surface area contributed by atoms with Gasteiger partial charge in [0.1, 0.15) is 11.5 Å². The Labute approximate surface area is 122 Å². The standard InChI is InChI=1S/C17H15NO3/c1-4-11-7-10-14(20-3)15-16(11)21-17(18-15)12-5-8-13(19-2)9-6-12/h4-10H,1H2,2-3H3. The van der Waals surface area contributed by atoms with Crippen molar-refractivity contribution in [2.24, 2.45) is 0 Å². The van der Waals surface area contributed by atoms with Gasteiger partial charge in [-0.1, -0.05) is 12.7 Å². The van der Waals surface area contributed by atoms with E-state index in [1.165, 1.54) is 0 Å². The zero-order valence-electron chi connectivity index (χ0n) is 11.9. The fraction of sp³-hybridized carbons (Fsp3) is 0.118. The SMILES string of the molecule is C=Cc1ccc(OC)c2nc(-c3ccc(OC)cc3)oc12. The van der Waals surface area contributed by atoms with E-state index in [1.807, 2.05) is 36.4 Å². The maximum absolute atomic E-state index is 5.89. The first-order valence-electron chi connectivity index (χ1n) is 6.51. The highest BCUT2D eigenvalue weighted by Crippen LogP contribution is 2.33. The topological polar surface area (TPSA) is 44.5 Å². The van der Waals surface area contributed by atoms with E-state index in [0.29, 0.717) is 22.7 Å². The molecule has 0 N–H and O–H groups in total. The third kappa shape index (κ3) is 2.25. The van der Waals surface area contributed by atoms with Crippen LogP contribution in [0, 0.1) is 0 Å². The Morgan fingerprint density at radius 2 is 1.81 bits per heavy atom. The summed E-state index contributed by atoms with van der Waals surface area (Å²) in [7, 11) is 3.25. The van der Waals surface area contributed by atoms with Gasteiger partial charge in [0.25, 0.3) is 0 Å². The largest absolute Gasteiger partial charge is 0.497 e. The lowest BCUT2D eigenvalue weighted by atomic mass is 10.2. The van der Waals surface area contributed by atoms with E-state index in [4.69, 9.17) is 13.9 Å². The highest BCUT2D eigenvalue weighted by Gasteiger charge is 2.14. The first-order valence-corrected chi connectivity index (χ1v) is 6.51. The number of oxazole rings is 1. The lowest BCUT2D eigenvalue weighted by molar-refractivity contribution is 0.415. The number of ether oxygens (including phenoxy) is 2. The zero-order chi connectivity index (χ0) is 14.8. The summed E-state index contributed by atoms with van der Waals surface area (Å²) in [5.74, 6) is 2.01. The molecule has 4 nitrogen and oxygen atoms in total. The number of methoxy groups -OCH3 is 2. The van der Waals surface area contributed by atoms with Gasteiger partial charge in [-0.3, -0.25) is 0 Å². The van der Waals surface area contributed by atoms with E-state index in [1.54, 1.807) is 20.3 Å². The van der Waals surface area contributed by atoms with Gasteiger partial charge in [-0.25, -0.2) is 4.98 Å². The van der Waals surface area contributed by atoms with E-state index < -0.39 is 0 Å². The number of rotatable bonds is 4. The predicted octanol–water partition coefficient (Wildman–Crippen LogP) is 4.16. The van der Waals surface area contributed by atoms with Crippen LogP contribution in [-0.2, 0) is 0 Å². The van der Waals surface area contributed by atoms with E-state index in [-0.39, 0.29) is 0 Å². The summed E-state index contributed by atoms with van der Waals surface area (Å²) in [6, 6.07) is 11.3. The highest BCUT2D eigenvalue weighted by atomic mass is 16.5. The van der Waals surface area contributed by atoms with E-state index in [0.717, 1.165) is 16.9 Å². The molecule has 0 atom stereocenters. The molecule has 1 aromatic heterocycles. The fourth-order valence-corrected chi connectivity index (χ4v) is 2.19. The second-order valence-electron chi connectivity index (χ2n) is 4.49. The van der Waals surface area contributed by atoms with Crippen LogP contribution in [0.25, 0.3) is 28.6 Å². The van der Waals surface area contributed by atoms with Gasteiger partial charge >= 0.3 is 0 Å². The molecule has 0 amide bonds. The summed E-state index contributed by atoms with van der Waals surface area (Å²) in [6.45, 7) is 3.80. The summed E-state index contributed by atoms with van der Waals surface area (Å²) in [6.07, 6.45) is 1.74. The van der Waals surface area contributed by atoms with Crippen molar-refractivity contribution in [1.82, 2.24) is 4.98 Å². The lowest BCUT2D eigenvalue weighted by Gasteiger charge is -2.00. The van der Waals surface area contributed by atoms with Crippen LogP contribution in [0.4, 0.5) is 0 Å². The summed E-state index contributed by atoms with van der Waals surface area (Å²) in [4.78, 5) is 4.54. The van der Waals surface area contributed by atoms with Crippen LogP contribution in [0.5, 0.6) is 11.5 Å². The number of aromatic nitrogens is 1. The molecular weight excluding hydrogens is 266 g/mol. The molecular formula is C17H15NO3. The molecule has 1 heterocycles. The quantitative estimate of drug-likeness (QED) is 0.720. The number of fused-ring (bicyclic) bond motifs is 1. The molecule has 106 valence electrons. The Hall–Kier alpha value is -2.75. The lowest BCUT2D eigenvalue weighted by Crippen LogP contribution is -1.85. The molecule has 21 heavy (non-hydrogen) atoms. The molecule has 0 fully saturated rings. The Balaban J connectivity index is 2.17. The van der Waals surface area contributed by atoms with Gasteiger partial charge in [0.15, 0.2) is 11.1 Å². The van der Waals surface area contributed by atoms with Gasteiger partial charge in [-0.15, -0.1) is 0 Å². The number of benzene rings is 2. The second-order valence-corrected chi connectivity index (χ2v) is 4.49. The van der Waals surface area contributed by atoms with Crippen molar-refractivity contribution < 1.29 is 13.9 Å². The Morgan fingerprint density at radius 3 is 2.43 bits per heavy atom. The van der Waals surface area contributed by atoms with Crippen molar-refractivity contribution >= 4 is 17.2 Å². The van der Waals surface area contributed by atoms with Crippen molar-refractivity contribution in [1.29, 1.82) is 0 Å². The molecule has 4 heteroatoms. The summed E-state index contributed by atoms with van der Waals surface area (Å²) >= 11 is 0. The molecule has 2 aromatic carbocycles. The van der Waals surface area contributed by atoms with Gasteiger partial charge < -0.3 is 13.9 Å². The predicted molar refractivity (Wildman–Crippen MR) is 82.6 cm³/mol. The van der Waals surface area contributed by atoms with Gasteiger partial charge in [-0.05, 0) is 36.4 Å². The molecule has 0 aliphatic rings. The normalized spacial score (nSPS) is 10.6. The fourth-order valence-electron chi connectivity index (χ4n) is 2.19. The minimum atomic E-state index is 0.542. The Morgan fingerprint density at radius 1 is 1.05 bits per heavy atom. The molecule has 0 aliphatic carbocycles. The minimum absolute atomic E-state index is 0.542. The molecule has 0 radical (unpaired) electrons. The molecule has 0 spiro atoms. The van der Waals surface area contributed by atoms with E-state index in [2.05, 4.69) is 11.6 Å². The molecule has 0 bridgehead atoms. The van der Waals surface area contributed by atoms with Crippen molar-refractivity contribution in [2.45, 2.75) is 0 Å². The molecule has 0 aliphatic heterocycles. The first-order chi connectivity index (χ1) is 10.3. The Kier molecular flexibility index (Phi) is 3.36. The van der Waals surface area contributed by atoms with Crippen molar-refractivity contribution in [3.8, 4) is 23.0 Å². The summed E-state index contributed by atoms with van der Waals surface area (Å²) < 4.78 is 16.4. The average Bonchev–Trinajstić information content (AvgIpc) is 2.99. The van der Waals surface area contributed by atoms with E-state index in [9.17, 15) is 0 Å². The second kappa shape index (κ2) is 5.32. The van der Waals surface area contributed by atoms with Crippen molar-refractivity contribution in [3.63, 3.8) is 0 Å². The van der Waals surface area contributed by atoms with Crippen LogP contribution in [0.1, 0.15) is 5.56 Å². The van der Waals surface area contributed by atoms with Crippen LogP contribution in [0.15, 0.2) is 47.4 Å². The maximum atomic E-state index is 5.89. The minimum Gasteiger partial charge on any atom is -0.497 e. The van der Waals surface area contributed by atoms with Crippen LogP contribution >= 0.6 is 0 Å². The number of hydrogen-bond acceptors (Lipinski definition) is 4.